The second-order valence-corrected chi connectivity index (χ2v) is 4.04. The zero-order valence-corrected chi connectivity index (χ0v) is 9.50. The predicted molar refractivity (Wildman–Crippen MR) is 61.4 cm³/mol. The molecule has 0 radical (unpaired) electrons. The number of benzene rings is 1. The quantitative estimate of drug-likeness (QED) is 0.784. The molecular weight excluding hydrogens is 212 g/mol. The molecule has 0 saturated heterocycles. The average molecular weight is 227 g/mol. The summed E-state index contributed by atoms with van der Waals surface area (Å²) in [5.41, 5.74) is 2.43. The Morgan fingerprint density at radius 2 is 1.87 bits per heavy atom. The molecular formula is C12H15ClO2. The van der Waals surface area contributed by atoms with Gasteiger partial charge in [0.2, 0.25) is 0 Å². The molecule has 0 saturated carbocycles. The van der Waals surface area contributed by atoms with E-state index in [0.29, 0.717) is 12.8 Å². The average Bonchev–Trinajstić information content (AvgIpc) is 2.26. The first-order valence-electron chi connectivity index (χ1n) is 5.08. The van der Waals surface area contributed by atoms with E-state index in [1.54, 1.807) is 0 Å². The standard InChI is InChI=1S/C12H15ClO2/c1-2-9-3-5-10(6-4-9)7-8-11(13)12(14)15/h3-6,11H,2,7-8H2,1H3,(H,14,15). The summed E-state index contributed by atoms with van der Waals surface area (Å²) in [4.78, 5) is 10.5. The van der Waals surface area contributed by atoms with E-state index in [2.05, 4.69) is 19.1 Å². The first-order chi connectivity index (χ1) is 7.13. The van der Waals surface area contributed by atoms with Crippen LogP contribution in [0.15, 0.2) is 24.3 Å². The third kappa shape index (κ3) is 3.92. The zero-order valence-electron chi connectivity index (χ0n) is 8.74. The monoisotopic (exact) mass is 226 g/mol. The molecule has 0 heterocycles. The van der Waals surface area contributed by atoms with Crippen LogP contribution in [0.4, 0.5) is 0 Å². The van der Waals surface area contributed by atoms with Gasteiger partial charge in [-0.3, -0.25) is 4.79 Å². The molecule has 3 heteroatoms. The molecule has 82 valence electrons. The molecule has 1 unspecified atom stereocenters. The van der Waals surface area contributed by atoms with Crippen molar-refractivity contribution in [3.05, 3.63) is 35.4 Å². The fraction of sp³-hybridized carbons (Fsp3) is 0.417. The number of aliphatic carboxylic acids is 1. The van der Waals surface area contributed by atoms with Crippen molar-refractivity contribution < 1.29 is 9.90 Å². The van der Waals surface area contributed by atoms with Crippen LogP contribution in [0.2, 0.25) is 0 Å². The SMILES string of the molecule is CCc1ccc(CCC(Cl)C(=O)O)cc1. The van der Waals surface area contributed by atoms with Crippen LogP contribution in [0.3, 0.4) is 0 Å². The molecule has 0 aliphatic carbocycles. The number of rotatable bonds is 5. The van der Waals surface area contributed by atoms with Gasteiger partial charge in [-0.2, -0.15) is 0 Å². The van der Waals surface area contributed by atoms with Gasteiger partial charge in [-0.15, -0.1) is 11.6 Å². The Kier molecular flexibility index (Phi) is 4.63. The van der Waals surface area contributed by atoms with Crippen LogP contribution in [0.5, 0.6) is 0 Å². The van der Waals surface area contributed by atoms with Crippen molar-refractivity contribution >= 4 is 17.6 Å². The minimum Gasteiger partial charge on any atom is -0.480 e. The van der Waals surface area contributed by atoms with Gasteiger partial charge < -0.3 is 5.11 Å². The molecule has 1 N–H and O–H groups in total. The number of alkyl halides is 1. The molecule has 1 aromatic rings. The molecule has 1 rings (SSSR count). The first-order valence-corrected chi connectivity index (χ1v) is 5.51. The Hall–Kier alpha value is -1.02. The van der Waals surface area contributed by atoms with Crippen molar-refractivity contribution in [2.24, 2.45) is 0 Å². The van der Waals surface area contributed by atoms with Crippen molar-refractivity contribution in [3.8, 4) is 0 Å². The summed E-state index contributed by atoms with van der Waals surface area (Å²) in [5.74, 6) is -0.943. The Morgan fingerprint density at radius 1 is 1.33 bits per heavy atom. The fourth-order valence-electron chi connectivity index (χ4n) is 1.36. The topological polar surface area (TPSA) is 37.3 Å². The summed E-state index contributed by atoms with van der Waals surface area (Å²) < 4.78 is 0. The lowest BCUT2D eigenvalue weighted by atomic mass is 10.1. The molecule has 0 aliphatic heterocycles. The summed E-state index contributed by atoms with van der Waals surface area (Å²) in [6, 6.07) is 8.20. The minimum absolute atomic E-state index is 0.475. The van der Waals surface area contributed by atoms with E-state index in [0.717, 1.165) is 12.0 Å². The van der Waals surface area contributed by atoms with Gasteiger partial charge in [-0.1, -0.05) is 31.2 Å². The maximum Gasteiger partial charge on any atom is 0.321 e. The summed E-state index contributed by atoms with van der Waals surface area (Å²) >= 11 is 5.62. The molecule has 1 atom stereocenters. The van der Waals surface area contributed by atoms with Crippen LogP contribution in [0.1, 0.15) is 24.5 Å². The smallest absolute Gasteiger partial charge is 0.321 e. The zero-order chi connectivity index (χ0) is 11.3. The summed E-state index contributed by atoms with van der Waals surface area (Å²) in [5, 5.41) is 7.83. The molecule has 0 fully saturated rings. The molecule has 0 bridgehead atoms. The van der Waals surface area contributed by atoms with Crippen LogP contribution in [-0.4, -0.2) is 16.5 Å². The molecule has 0 amide bonds. The highest BCUT2D eigenvalue weighted by Crippen LogP contribution is 2.11. The third-order valence-electron chi connectivity index (χ3n) is 2.39. The van der Waals surface area contributed by atoms with E-state index >= 15 is 0 Å². The van der Waals surface area contributed by atoms with Crippen molar-refractivity contribution in [1.82, 2.24) is 0 Å². The highest BCUT2D eigenvalue weighted by Gasteiger charge is 2.12. The van der Waals surface area contributed by atoms with Gasteiger partial charge in [0.15, 0.2) is 0 Å². The molecule has 15 heavy (non-hydrogen) atoms. The number of hydrogen-bond donors (Lipinski definition) is 1. The molecule has 0 spiro atoms. The number of carboxylic acid groups (broad SMARTS) is 1. The normalized spacial score (nSPS) is 12.4. The number of carbonyl (C=O) groups is 1. The maximum atomic E-state index is 10.5. The van der Waals surface area contributed by atoms with Crippen LogP contribution >= 0.6 is 11.6 Å². The predicted octanol–water partition coefficient (Wildman–Crippen LogP) is 2.87. The van der Waals surface area contributed by atoms with Crippen LogP contribution in [0.25, 0.3) is 0 Å². The molecule has 1 aromatic carbocycles. The Labute approximate surface area is 94.9 Å². The van der Waals surface area contributed by atoms with Crippen molar-refractivity contribution in [3.63, 3.8) is 0 Å². The number of hydrogen-bond acceptors (Lipinski definition) is 1. The molecule has 0 aromatic heterocycles. The second kappa shape index (κ2) is 5.76. The summed E-state index contributed by atoms with van der Waals surface area (Å²) in [6.45, 7) is 2.11. The maximum absolute atomic E-state index is 10.5. The van der Waals surface area contributed by atoms with E-state index < -0.39 is 11.3 Å². The van der Waals surface area contributed by atoms with Crippen molar-refractivity contribution in [2.75, 3.05) is 0 Å². The lowest BCUT2D eigenvalue weighted by Gasteiger charge is -2.05. The van der Waals surface area contributed by atoms with Crippen LogP contribution < -0.4 is 0 Å². The van der Waals surface area contributed by atoms with Gasteiger partial charge >= 0.3 is 5.97 Å². The molecule has 0 aliphatic rings. The summed E-state index contributed by atoms with van der Waals surface area (Å²) in [6.07, 6.45) is 2.21. The van der Waals surface area contributed by atoms with E-state index in [1.165, 1.54) is 5.56 Å². The second-order valence-electron chi connectivity index (χ2n) is 3.51. The highest BCUT2D eigenvalue weighted by molar-refractivity contribution is 6.29. The minimum atomic E-state index is -0.943. The largest absolute Gasteiger partial charge is 0.480 e. The lowest BCUT2D eigenvalue weighted by molar-refractivity contribution is -0.136. The number of halogens is 1. The Morgan fingerprint density at radius 3 is 2.33 bits per heavy atom. The molecule has 2 nitrogen and oxygen atoms in total. The number of aryl methyl sites for hydroxylation is 2. The van der Waals surface area contributed by atoms with Gasteiger partial charge in [-0.25, -0.2) is 0 Å². The van der Waals surface area contributed by atoms with Crippen molar-refractivity contribution in [2.45, 2.75) is 31.6 Å². The number of carboxylic acids is 1. The Bertz CT molecular complexity index is 319. The van der Waals surface area contributed by atoms with Gasteiger partial charge in [0.25, 0.3) is 0 Å². The van der Waals surface area contributed by atoms with Crippen molar-refractivity contribution in [1.29, 1.82) is 0 Å². The third-order valence-corrected chi connectivity index (χ3v) is 2.79. The van der Waals surface area contributed by atoms with E-state index in [1.807, 2.05) is 12.1 Å². The van der Waals surface area contributed by atoms with E-state index in [4.69, 9.17) is 16.7 Å². The first kappa shape index (κ1) is 12.1. The highest BCUT2D eigenvalue weighted by atomic mass is 35.5. The lowest BCUT2D eigenvalue weighted by Crippen LogP contribution is -2.13. The van der Waals surface area contributed by atoms with E-state index in [-0.39, 0.29) is 0 Å². The fourth-order valence-corrected chi connectivity index (χ4v) is 1.47. The summed E-state index contributed by atoms with van der Waals surface area (Å²) in [7, 11) is 0. The van der Waals surface area contributed by atoms with Gasteiger partial charge in [0.05, 0.1) is 0 Å². The van der Waals surface area contributed by atoms with Gasteiger partial charge in [0.1, 0.15) is 5.38 Å². The van der Waals surface area contributed by atoms with E-state index in [9.17, 15) is 4.79 Å². The van der Waals surface area contributed by atoms with Crippen LogP contribution in [0, 0.1) is 0 Å². The van der Waals surface area contributed by atoms with Gasteiger partial charge in [0, 0.05) is 0 Å². The Balaban J connectivity index is 2.47. The van der Waals surface area contributed by atoms with Gasteiger partial charge in [-0.05, 0) is 30.4 Å². The van der Waals surface area contributed by atoms with Crippen LogP contribution in [-0.2, 0) is 17.6 Å².